The van der Waals surface area contributed by atoms with Crippen molar-refractivity contribution in [2.75, 3.05) is 5.73 Å². The van der Waals surface area contributed by atoms with E-state index in [1.807, 2.05) is 72.1 Å². The predicted molar refractivity (Wildman–Crippen MR) is 124 cm³/mol. The normalized spacial score (nSPS) is 11.2. The van der Waals surface area contributed by atoms with Crippen LogP contribution in [0, 0.1) is 0 Å². The highest BCUT2D eigenvalue weighted by molar-refractivity contribution is 7.13. The number of nitrogens with one attached hydrogen (secondary N) is 1. The molecule has 5 aromatic rings. The highest BCUT2D eigenvalue weighted by Crippen LogP contribution is 2.29. The summed E-state index contributed by atoms with van der Waals surface area (Å²) >= 11 is 1.41. The van der Waals surface area contributed by atoms with E-state index in [0.29, 0.717) is 5.69 Å². The summed E-state index contributed by atoms with van der Waals surface area (Å²) in [5.41, 5.74) is 11.8. The molecule has 1 amide bonds. The van der Waals surface area contributed by atoms with E-state index >= 15 is 0 Å². The van der Waals surface area contributed by atoms with E-state index < -0.39 is 5.91 Å². The highest BCUT2D eigenvalue weighted by atomic mass is 32.1. The number of aromatic nitrogens is 5. The topological polar surface area (TPSA) is 137 Å². The molecule has 2 aromatic carbocycles. The van der Waals surface area contributed by atoms with Gasteiger partial charge < -0.3 is 5.73 Å². The van der Waals surface area contributed by atoms with Crippen molar-refractivity contribution in [1.82, 2.24) is 30.7 Å². The van der Waals surface area contributed by atoms with Crippen LogP contribution in [0.5, 0.6) is 0 Å². The zero-order valence-corrected chi connectivity index (χ0v) is 17.8. The van der Waals surface area contributed by atoms with Gasteiger partial charge in [-0.25, -0.2) is 10.1 Å². The Morgan fingerprint density at radius 1 is 1.03 bits per heavy atom. The maximum atomic E-state index is 12.8. The summed E-state index contributed by atoms with van der Waals surface area (Å²) in [6.45, 7) is 0. The van der Waals surface area contributed by atoms with Crippen LogP contribution >= 0.6 is 11.3 Å². The van der Waals surface area contributed by atoms with Crippen molar-refractivity contribution >= 4 is 29.3 Å². The van der Waals surface area contributed by atoms with E-state index in [-0.39, 0.29) is 17.3 Å². The van der Waals surface area contributed by atoms with E-state index in [1.165, 1.54) is 16.0 Å². The minimum absolute atomic E-state index is 0.0293. The van der Waals surface area contributed by atoms with Crippen LogP contribution in [0.4, 0.5) is 5.82 Å². The summed E-state index contributed by atoms with van der Waals surface area (Å²) in [4.78, 5) is 13.6. The van der Waals surface area contributed by atoms with Crippen molar-refractivity contribution in [2.45, 2.75) is 0 Å². The van der Waals surface area contributed by atoms with Crippen LogP contribution in [-0.4, -0.2) is 37.4 Å². The Labute approximate surface area is 191 Å². The molecule has 0 aliphatic heterocycles. The fourth-order valence-corrected chi connectivity index (χ4v) is 3.92. The summed E-state index contributed by atoms with van der Waals surface area (Å²) < 4.78 is 5.98. The Balaban J connectivity index is 1.36. The first kappa shape index (κ1) is 20.3. The minimum Gasteiger partial charge on any atom is -0.378 e. The number of anilines is 1. The molecule has 10 nitrogen and oxygen atoms in total. The molecule has 11 heteroatoms. The number of hydrogen-bond acceptors (Lipinski definition) is 9. The zero-order chi connectivity index (χ0) is 22.6. The lowest BCUT2D eigenvalue weighted by Gasteiger charge is -2.03. The van der Waals surface area contributed by atoms with E-state index in [1.54, 1.807) is 6.21 Å². The number of rotatable bonds is 6. The summed E-state index contributed by atoms with van der Waals surface area (Å²) in [5.74, 6) is -0.356. The zero-order valence-electron chi connectivity index (χ0n) is 17.0. The molecule has 33 heavy (non-hydrogen) atoms. The summed E-state index contributed by atoms with van der Waals surface area (Å²) in [7, 11) is 0. The van der Waals surface area contributed by atoms with Crippen molar-refractivity contribution in [3.8, 4) is 27.5 Å². The lowest BCUT2D eigenvalue weighted by Crippen LogP contribution is -2.19. The first-order chi connectivity index (χ1) is 16.2. The van der Waals surface area contributed by atoms with Crippen molar-refractivity contribution in [1.29, 1.82) is 0 Å². The third-order valence-corrected chi connectivity index (χ3v) is 5.61. The van der Waals surface area contributed by atoms with E-state index in [2.05, 4.69) is 35.8 Å². The molecule has 0 saturated carbocycles. The number of benzene rings is 2. The Hall–Kier alpha value is -4.64. The standard InChI is InChI=1S/C22H16N8O2S/c23-20-21(28-32-27-20)30-19(17-7-4-12-33-17)18(25-29-30)22(31)26-24-13-14-8-10-16(11-9-14)15-5-2-1-3-6-15/h1-13H,(H2,23,27)(H,26,31)/b24-13-. The van der Waals surface area contributed by atoms with Crippen LogP contribution in [0.25, 0.3) is 27.5 Å². The van der Waals surface area contributed by atoms with Crippen LogP contribution < -0.4 is 11.2 Å². The SMILES string of the molecule is Nc1nonc1-n1nnc(C(=O)N/N=C\c2ccc(-c3ccccc3)cc2)c1-c1cccs1. The van der Waals surface area contributed by atoms with Gasteiger partial charge in [0, 0.05) is 0 Å². The lowest BCUT2D eigenvalue weighted by atomic mass is 10.0. The van der Waals surface area contributed by atoms with Crippen LogP contribution in [0.3, 0.4) is 0 Å². The van der Waals surface area contributed by atoms with Gasteiger partial charge in [0.1, 0.15) is 5.69 Å². The van der Waals surface area contributed by atoms with Crippen molar-refractivity contribution in [3.05, 3.63) is 83.4 Å². The van der Waals surface area contributed by atoms with Gasteiger partial charge in [-0.05, 0) is 38.5 Å². The molecule has 162 valence electrons. The number of hydrazone groups is 1. The number of carbonyl (C=O) groups is 1. The largest absolute Gasteiger partial charge is 0.378 e. The van der Waals surface area contributed by atoms with Crippen LogP contribution in [-0.2, 0) is 0 Å². The number of amides is 1. The molecule has 0 unspecified atom stereocenters. The van der Waals surface area contributed by atoms with Crippen LogP contribution in [0.1, 0.15) is 16.1 Å². The maximum absolute atomic E-state index is 12.8. The summed E-state index contributed by atoms with van der Waals surface area (Å²) in [6, 6.07) is 21.6. The van der Waals surface area contributed by atoms with Crippen molar-refractivity contribution in [2.24, 2.45) is 5.10 Å². The first-order valence-corrected chi connectivity index (χ1v) is 10.7. The van der Waals surface area contributed by atoms with Gasteiger partial charge in [-0.1, -0.05) is 65.9 Å². The Bertz CT molecular complexity index is 1410. The second-order valence-electron chi connectivity index (χ2n) is 6.84. The van der Waals surface area contributed by atoms with E-state index in [9.17, 15) is 4.79 Å². The van der Waals surface area contributed by atoms with Crippen LogP contribution in [0.2, 0.25) is 0 Å². The number of nitrogens with zero attached hydrogens (tertiary/aromatic N) is 6. The Morgan fingerprint density at radius 3 is 2.52 bits per heavy atom. The molecular weight excluding hydrogens is 440 g/mol. The van der Waals surface area contributed by atoms with Crippen molar-refractivity contribution < 1.29 is 9.42 Å². The Kier molecular flexibility index (Phi) is 5.43. The number of hydrogen-bond donors (Lipinski definition) is 2. The van der Waals surface area contributed by atoms with Crippen molar-refractivity contribution in [3.63, 3.8) is 0 Å². The highest BCUT2D eigenvalue weighted by Gasteiger charge is 2.25. The average Bonchev–Trinajstić information content (AvgIpc) is 3.60. The van der Waals surface area contributed by atoms with Gasteiger partial charge in [0.15, 0.2) is 5.69 Å². The summed E-state index contributed by atoms with van der Waals surface area (Å²) in [5, 5.41) is 21.3. The van der Waals surface area contributed by atoms with Gasteiger partial charge in [0.2, 0.25) is 11.6 Å². The second kappa shape index (κ2) is 8.85. The van der Waals surface area contributed by atoms with Gasteiger partial charge >= 0.3 is 0 Å². The van der Waals surface area contributed by atoms with E-state index in [4.69, 9.17) is 5.73 Å². The molecular formula is C22H16N8O2S. The molecule has 0 atom stereocenters. The van der Waals surface area contributed by atoms with Gasteiger partial charge in [0.25, 0.3) is 5.91 Å². The maximum Gasteiger partial charge on any atom is 0.294 e. The molecule has 3 N–H and O–H groups in total. The Morgan fingerprint density at radius 2 is 1.82 bits per heavy atom. The molecule has 0 saturated heterocycles. The molecule has 0 radical (unpaired) electrons. The summed E-state index contributed by atoms with van der Waals surface area (Å²) in [6.07, 6.45) is 1.56. The monoisotopic (exact) mass is 456 g/mol. The van der Waals surface area contributed by atoms with Crippen LogP contribution in [0.15, 0.2) is 81.8 Å². The van der Waals surface area contributed by atoms with Gasteiger partial charge in [-0.3, -0.25) is 4.79 Å². The molecule has 3 heterocycles. The average molecular weight is 456 g/mol. The second-order valence-corrected chi connectivity index (χ2v) is 7.78. The number of nitrogen functional groups attached to an aromatic ring is 1. The van der Waals surface area contributed by atoms with Gasteiger partial charge in [-0.2, -0.15) is 9.78 Å². The fraction of sp³-hybridized carbons (Fsp3) is 0. The molecule has 0 aliphatic rings. The molecule has 0 aliphatic carbocycles. The van der Waals surface area contributed by atoms with Gasteiger partial charge in [0.05, 0.1) is 11.1 Å². The molecule has 0 bridgehead atoms. The number of nitrogens with two attached hydrogens (primary N) is 1. The predicted octanol–water partition coefficient (Wildman–Crippen LogP) is 3.39. The number of carbonyl (C=O) groups excluding carboxylic acids is 1. The van der Waals surface area contributed by atoms with E-state index in [0.717, 1.165) is 21.6 Å². The smallest absolute Gasteiger partial charge is 0.294 e. The first-order valence-electron chi connectivity index (χ1n) is 9.77. The molecule has 3 aromatic heterocycles. The molecule has 0 spiro atoms. The third-order valence-electron chi connectivity index (χ3n) is 4.73. The quantitative estimate of drug-likeness (QED) is 0.295. The number of thiophene rings is 1. The minimum atomic E-state index is -0.531. The molecule has 5 rings (SSSR count). The lowest BCUT2D eigenvalue weighted by molar-refractivity contribution is 0.0951. The van der Waals surface area contributed by atoms with Gasteiger partial charge in [-0.15, -0.1) is 16.4 Å². The third kappa shape index (κ3) is 4.12. The fourth-order valence-electron chi connectivity index (χ4n) is 3.17. The molecule has 0 fully saturated rings.